The molecule has 2 rings (SSSR count). The van der Waals surface area contributed by atoms with E-state index >= 15 is 0 Å². The van der Waals surface area contributed by atoms with Gasteiger partial charge in [0.05, 0.1) is 10.2 Å². The lowest BCUT2D eigenvalue weighted by atomic mass is 10.1. The lowest BCUT2D eigenvalue weighted by Gasteiger charge is -2.00. The first-order valence-electron chi connectivity index (χ1n) is 7.44. The number of aromatic nitrogens is 1. The van der Waals surface area contributed by atoms with Crippen molar-refractivity contribution >= 4 is 45.0 Å². The first-order chi connectivity index (χ1) is 10.7. The summed E-state index contributed by atoms with van der Waals surface area (Å²) in [6, 6.07) is 8.19. The number of hydrogen-bond donors (Lipinski definition) is 1. The van der Waals surface area contributed by atoms with Crippen molar-refractivity contribution in [3.05, 3.63) is 24.3 Å². The molecule has 2 aromatic rings. The maximum absolute atomic E-state index is 11.3. The van der Waals surface area contributed by atoms with E-state index in [1.165, 1.54) is 11.7 Å². The molecule has 1 aromatic carbocycles. The zero-order chi connectivity index (χ0) is 15.8. The number of para-hydroxylation sites is 1. The molecule has 1 amide bonds. The molecule has 22 heavy (non-hydrogen) atoms. The summed E-state index contributed by atoms with van der Waals surface area (Å²) in [6.45, 7) is 0. The summed E-state index contributed by atoms with van der Waals surface area (Å²) in [7, 11) is 1.49. The van der Waals surface area contributed by atoms with E-state index in [1.807, 2.05) is 18.2 Å². The number of hydrogen-bond acceptors (Lipinski definition) is 5. The van der Waals surface area contributed by atoms with Crippen molar-refractivity contribution in [2.24, 2.45) is 0 Å². The monoisotopic (exact) mass is 336 g/mol. The molecule has 0 aliphatic heterocycles. The van der Waals surface area contributed by atoms with Crippen LogP contribution in [0.5, 0.6) is 0 Å². The number of rotatable bonds is 9. The number of thiazole rings is 1. The van der Waals surface area contributed by atoms with E-state index in [0.29, 0.717) is 6.42 Å². The third kappa shape index (κ3) is 5.10. The Hall–Kier alpha value is -1.40. The fraction of sp³-hybridized carbons (Fsp3) is 0.438. The normalized spacial score (nSPS) is 10.8. The highest BCUT2D eigenvalue weighted by molar-refractivity contribution is 8.01. The number of nitrogens with one attached hydrogen (secondary N) is 1. The predicted octanol–water partition coefficient (Wildman–Crippen LogP) is 3.65. The highest BCUT2D eigenvalue weighted by atomic mass is 32.2. The third-order valence-corrected chi connectivity index (χ3v) is 5.54. The van der Waals surface area contributed by atoms with Gasteiger partial charge in [-0.15, -0.1) is 11.3 Å². The fourth-order valence-corrected chi connectivity index (χ4v) is 4.20. The van der Waals surface area contributed by atoms with Crippen molar-refractivity contribution in [1.82, 2.24) is 10.3 Å². The molecule has 6 heteroatoms. The second-order valence-electron chi connectivity index (χ2n) is 4.96. The SMILES string of the molecule is CNC(=O)C(=O)CCCCCCSc1nc2ccccc2s1. The number of fused-ring (bicyclic) bond motifs is 1. The Morgan fingerprint density at radius 3 is 2.73 bits per heavy atom. The third-order valence-electron chi connectivity index (χ3n) is 3.28. The fourth-order valence-electron chi connectivity index (χ4n) is 2.07. The first kappa shape index (κ1) is 17.0. The predicted molar refractivity (Wildman–Crippen MR) is 92.5 cm³/mol. The maximum atomic E-state index is 11.3. The van der Waals surface area contributed by atoms with Gasteiger partial charge in [0.15, 0.2) is 4.34 Å². The van der Waals surface area contributed by atoms with Crippen LogP contribution in [0.2, 0.25) is 0 Å². The van der Waals surface area contributed by atoms with Crippen LogP contribution >= 0.6 is 23.1 Å². The highest BCUT2D eigenvalue weighted by Gasteiger charge is 2.10. The number of thioether (sulfide) groups is 1. The van der Waals surface area contributed by atoms with Gasteiger partial charge < -0.3 is 5.32 Å². The smallest absolute Gasteiger partial charge is 0.287 e. The minimum atomic E-state index is -0.480. The van der Waals surface area contributed by atoms with Gasteiger partial charge in [-0.2, -0.15) is 0 Å². The molecule has 0 aliphatic carbocycles. The van der Waals surface area contributed by atoms with Gasteiger partial charge >= 0.3 is 0 Å². The maximum Gasteiger partial charge on any atom is 0.287 e. The summed E-state index contributed by atoms with van der Waals surface area (Å²) in [5.41, 5.74) is 1.07. The van der Waals surface area contributed by atoms with Gasteiger partial charge in [0.25, 0.3) is 5.91 Å². The minimum Gasteiger partial charge on any atom is -0.353 e. The summed E-state index contributed by atoms with van der Waals surface area (Å²) in [5.74, 6) is 0.251. The van der Waals surface area contributed by atoms with Crippen molar-refractivity contribution < 1.29 is 9.59 Å². The number of benzene rings is 1. The Morgan fingerprint density at radius 2 is 1.95 bits per heavy atom. The molecular weight excluding hydrogens is 316 g/mol. The zero-order valence-electron chi connectivity index (χ0n) is 12.6. The lowest BCUT2D eigenvalue weighted by molar-refractivity contribution is -0.137. The number of carbonyl (C=O) groups is 2. The summed E-state index contributed by atoms with van der Waals surface area (Å²) in [6.07, 6.45) is 4.32. The van der Waals surface area contributed by atoms with Crippen LogP contribution in [0.1, 0.15) is 32.1 Å². The van der Waals surface area contributed by atoms with Gasteiger partial charge in [-0.05, 0) is 25.0 Å². The van der Waals surface area contributed by atoms with Crippen LogP contribution in [0.3, 0.4) is 0 Å². The number of unbranched alkanes of at least 4 members (excludes halogenated alkanes) is 3. The standard InChI is InChI=1S/C16H20N2O2S2/c1-17-15(20)13(19)9-4-2-3-7-11-21-16-18-12-8-5-6-10-14(12)22-16/h5-6,8,10H,2-4,7,9,11H2,1H3,(H,17,20). The number of Topliss-reactive ketones (excluding diaryl/α,β-unsaturated/α-hetero) is 1. The molecule has 0 radical (unpaired) electrons. The van der Waals surface area contributed by atoms with Crippen LogP contribution in [-0.4, -0.2) is 29.5 Å². The molecule has 1 N–H and O–H groups in total. The summed E-state index contributed by atoms with van der Waals surface area (Å²) < 4.78 is 2.36. The van der Waals surface area contributed by atoms with Gasteiger partial charge in [-0.25, -0.2) is 4.98 Å². The van der Waals surface area contributed by atoms with E-state index in [4.69, 9.17) is 0 Å². The van der Waals surface area contributed by atoms with Gasteiger partial charge in [0.2, 0.25) is 5.78 Å². The summed E-state index contributed by atoms with van der Waals surface area (Å²) in [4.78, 5) is 26.9. The van der Waals surface area contributed by atoms with Gasteiger partial charge in [0, 0.05) is 19.2 Å². The van der Waals surface area contributed by atoms with Gasteiger partial charge in [-0.3, -0.25) is 9.59 Å². The highest BCUT2D eigenvalue weighted by Crippen LogP contribution is 2.29. The number of likely N-dealkylation sites (N-methyl/N-ethyl adjacent to an activating group) is 1. The van der Waals surface area contributed by atoms with Crippen molar-refractivity contribution in [2.75, 3.05) is 12.8 Å². The Labute approximate surface area is 138 Å². The molecule has 0 unspecified atom stereocenters. The Kier molecular flexibility index (Phi) is 6.86. The molecule has 1 heterocycles. The van der Waals surface area contributed by atoms with Crippen molar-refractivity contribution in [3.63, 3.8) is 0 Å². The molecule has 0 atom stereocenters. The second kappa shape index (κ2) is 8.90. The molecular formula is C16H20N2O2S2. The Morgan fingerprint density at radius 1 is 1.18 bits per heavy atom. The van der Waals surface area contributed by atoms with E-state index in [0.717, 1.165) is 41.3 Å². The van der Waals surface area contributed by atoms with E-state index in [-0.39, 0.29) is 5.78 Å². The molecule has 0 saturated heterocycles. The van der Waals surface area contributed by atoms with Crippen LogP contribution in [0.4, 0.5) is 0 Å². The van der Waals surface area contributed by atoms with Crippen LogP contribution in [-0.2, 0) is 9.59 Å². The Balaban J connectivity index is 1.58. The number of carbonyl (C=O) groups excluding carboxylic acids is 2. The summed E-state index contributed by atoms with van der Waals surface area (Å²) >= 11 is 3.53. The van der Waals surface area contributed by atoms with Crippen molar-refractivity contribution in [2.45, 2.75) is 36.4 Å². The van der Waals surface area contributed by atoms with Crippen molar-refractivity contribution in [1.29, 1.82) is 0 Å². The Bertz CT molecular complexity index is 607. The van der Waals surface area contributed by atoms with Crippen molar-refractivity contribution in [3.8, 4) is 0 Å². The largest absolute Gasteiger partial charge is 0.353 e. The van der Waals surface area contributed by atoms with E-state index in [9.17, 15) is 9.59 Å². The van der Waals surface area contributed by atoms with Crippen LogP contribution in [0.25, 0.3) is 10.2 Å². The molecule has 1 aromatic heterocycles. The van der Waals surface area contributed by atoms with E-state index < -0.39 is 5.91 Å². The first-order valence-corrected chi connectivity index (χ1v) is 9.24. The topological polar surface area (TPSA) is 59.1 Å². The zero-order valence-corrected chi connectivity index (χ0v) is 14.3. The summed E-state index contributed by atoms with van der Waals surface area (Å²) in [5, 5.41) is 2.36. The quantitative estimate of drug-likeness (QED) is 0.431. The average Bonchev–Trinajstić information content (AvgIpc) is 2.95. The second-order valence-corrected chi connectivity index (χ2v) is 7.34. The average molecular weight is 336 g/mol. The van der Waals surface area contributed by atoms with Crippen LogP contribution in [0, 0.1) is 0 Å². The number of amides is 1. The molecule has 0 bridgehead atoms. The van der Waals surface area contributed by atoms with Gasteiger partial charge in [0.1, 0.15) is 0 Å². The van der Waals surface area contributed by atoms with E-state index in [2.05, 4.69) is 16.4 Å². The van der Waals surface area contributed by atoms with Crippen LogP contribution < -0.4 is 5.32 Å². The lowest BCUT2D eigenvalue weighted by Crippen LogP contribution is -2.27. The molecule has 0 aliphatic rings. The molecule has 4 nitrogen and oxygen atoms in total. The van der Waals surface area contributed by atoms with E-state index in [1.54, 1.807) is 23.1 Å². The molecule has 0 fully saturated rings. The van der Waals surface area contributed by atoms with Crippen LogP contribution in [0.15, 0.2) is 28.6 Å². The number of ketones is 1. The van der Waals surface area contributed by atoms with Gasteiger partial charge in [-0.1, -0.05) is 36.7 Å². The minimum absolute atomic E-state index is 0.314. The molecule has 0 spiro atoms. The number of nitrogens with zero attached hydrogens (tertiary/aromatic N) is 1. The molecule has 118 valence electrons. The molecule has 0 saturated carbocycles.